The minimum atomic E-state index is -1.10. The third kappa shape index (κ3) is 2.26. The van der Waals surface area contributed by atoms with Gasteiger partial charge in [0.2, 0.25) is 0 Å². The van der Waals surface area contributed by atoms with Crippen LogP contribution in [0.5, 0.6) is 0 Å². The van der Waals surface area contributed by atoms with Gasteiger partial charge in [-0.3, -0.25) is 9.59 Å². The summed E-state index contributed by atoms with van der Waals surface area (Å²) in [6, 6.07) is 9.42. The molecule has 2 rings (SSSR count). The van der Waals surface area contributed by atoms with Crippen molar-refractivity contribution in [1.29, 1.82) is 0 Å². The molecule has 0 aromatic heterocycles. The molecule has 0 heterocycles. The molecule has 1 fully saturated rings. The molecule has 0 radical (unpaired) electrons. The summed E-state index contributed by atoms with van der Waals surface area (Å²) in [4.78, 5) is 35.1. The molecule has 94 valence electrons. The van der Waals surface area contributed by atoms with E-state index in [-0.39, 0.29) is 18.0 Å². The highest BCUT2D eigenvalue weighted by atomic mass is 16.2. The van der Waals surface area contributed by atoms with Gasteiger partial charge in [-0.2, -0.15) is 0 Å². The van der Waals surface area contributed by atoms with Crippen LogP contribution in [-0.2, 0) is 20.8 Å². The summed E-state index contributed by atoms with van der Waals surface area (Å²) in [5, 5.41) is 0. The zero-order chi connectivity index (χ0) is 13.0. The molecule has 1 aliphatic rings. The third-order valence-corrected chi connectivity index (χ3v) is 3.66. The number of Topliss-reactive ketones (excluding diaryl/α,β-unsaturated/α-hetero) is 2. The summed E-state index contributed by atoms with van der Waals surface area (Å²) in [7, 11) is 0. The van der Waals surface area contributed by atoms with E-state index in [0.717, 1.165) is 5.56 Å². The number of rotatable bonds is 4. The molecule has 3 nitrogen and oxygen atoms in total. The molecule has 1 aromatic rings. The predicted octanol–water partition coefficient (Wildman–Crippen LogP) is 2.13. The van der Waals surface area contributed by atoms with Crippen molar-refractivity contribution < 1.29 is 14.4 Å². The lowest BCUT2D eigenvalue weighted by atomic mass is 9.67. The van der Waals surface area contributed by atoms with Crippen molar-refractivity contribution in [3.63, 3.8) is 0 Å². The largest absolute Gasteiger partial charge is 0.303 e. The van der Waals surface area contributed by atoms with Crippen LogP contribution >= 0.6 is 0 Å². The smallest absolute Gasteiger partial charge is 0.147 e. The first-order chi connectivity index (χ1) is 8.69. The van der Waals surface area contributed by atoms with Crippen molar-refractivity contribution in [3.8, 4) is 0 Å². The Morgan fingerprint density at radius 3 is 2.22 bits per heavy atom. The maximum Gasteiger partial charge on any atom is 0.147 e. The Hall–Kier alpha value is -1.77. The lowest BCUT2D eigenvalue weighted by Gasteiger charge is -2.32. The van der Waals surface area contributed by atoms with Gasteiger partial charge in [0, 0.05) is 19.3 Å². The van der Waals surface area contributed by atoms with E-state index in [1.807, 2.05) is 30.3 Å². The molecular formula is C15H16O3. The van der Waals surface area contributed by atoms with Crippen molar-refractivity contribution in [2.24, 2.45) is 5.41 Å². The van der Waals surface area contributed by atoms with Gasteiger partial charge < -0.3 is 4.79 Å². The normalized spacial score (nSPS) is 18.7. The molecule has 1 saturated carbocycles. The van der Waals surface area contributed by atoms with Crippen LogP contribution in [-0.4, -0.2) is 17.9 Å². The molecule has 1 aliphatic carbocycles. The van der Waals surface area contributed by atoms with E-state index in [0.29, 0.717) is 32.0 Å². The van der Waals surface area contributed by atoms with E-state index in [2.05, 4.69) is 0 Å². The van der Waals surface area contributed by atoms with E-state index >= 15 is 0 Å². The van der Waals surface area contributed by atoms with Crippen LogP contribution in [0.3, 0.4) is 0 Å². The molecular weight excluding hydrogens is 228 g/mol. The summed E-state index contributed by atoms with van der Waals surface area (Å²) in [6.07, 6.45) is 2.50. The fraction of sp³-hybridized carbons (Fsp3) is 0.400. The van der Waals surface area contributed by atoms with Crippen LogP contribution in [0.1, 0.15) is 31.2 Å². The Labute approximate surface area is 106 Å². The van der Waals surface area contributed by atoms with E-state index in [1.54, 1.807) is 0 Å². The molecule has 0 spiro atoms. The number of benzene rings is 1. The Morgan fingerprint density at radius 1 is 1.06 bits per heavy atom. The number of hydrogen-bond donors (Lipinski definition) is 0. The molecule has 3 heteroatoms. The number of ketones is 2. The molecule has 0 atom stereocenters. The number of aldehydes is 1. The van der Waals surface area contributed by atoms with Crippen LogP contribution in [0.25, 0.3) is 0 Å². The quantitative estimate of drug-likeness (QED) is 0.602. The number of carbonyl (C=O) groups excluding carboxylic acids is 3. The summed E-state index contributed by atoms with van der Waals surface area (Å²) in [5.41, 5.74) is -0.163. The lowest BCUT2D eigenvalue weighted by Crippen LogP contribution is -2.44. The highest BCUT2D eigenvalue weighted by molar-refractivity contribution is 6.10. The fourth-order valence-electron chi connectivity index (χ4n) is 2.63. The second kappa shape index (κ2) is 5.25. The van der Waals surface area contributed by atoms with Crippen molar-refractivity contribution in [2.45, 2.75) is 32.1 Å². The predicted molar refractivity (Wildman–Crippen MR) is 67.1 cm³/mol. The molecule has 0 saturated heterocycles. The summed E-state index contributed by atoms with van der Waals surface area (Å²) in [5.74, 6) is -0.149. The highest BCUT2D eigenvalue weighted by Crippen LogP contribution is 2.36. The Balaban J connectivity index is 2.33. The fourth-order valence-corrected chi connectivity index (χ4v) is 2.63. The van der Waals surface area contributed by atoms with Crippen molar-refractivity contribution in [3.05, 3.63) is 35.9 Å². The highest BCUT2D eigenvalue weighted by Gasteiger charge is 2.46. The zero-order valence-corrected chi connectivity index (χ0v) is 10.2. The first-order valence-electron chi connectivity index (χ1n) is 6.23. The molecule has 0 unspecified atom stereocenters. The molecule has 0 aliphatic heterocycles. The zero-order valence-electron chi connectivity index (χ0n) is 10.2. The molecule has 0 amide bonds. The van der Waals surface area contributed by atoms with E-state index in [9.17, 15) is 14.4 Å². The topological polar surface area (TPSA) is 51.2 Å². The van der Waals surface area contributed by atoms with Gasteiger partial charge in [0.05, 0.1) is 5.41 Å². The number of hydrogen-bond acceptors (Lipinski definition) is 3. The van der Waals surface area contributed by atoms with Crippen molar-refractivity contribution in [2.75, 3.05) is 0 Å². The van der Waals surface area contributed by atoms with Crippen LogP contribution in [0.4, 0.5) is 0 Å². The Bertz CT molecular complexity index is 446. The van der Waals surface area contributed by atoms with E-state index < -0.39 is 5.41 Å². The average molecular weight is 244 g/mol. The first-order valence-corrected chi connectivity index (χ1v) is 6.23. The second-order valence-electron chi connectivity index (χ2n) is 4.82. The molecule has 1 aromatic carbocycles. The standard InChI is InChI=1S/C15H16O3/c16-10-9-15(11-12-5-2-1-3-6-12)13(17)7-4-8-14(15)18/h1-3,5-6,10H,4,7-9,11H2. The van der Waals surface area contributed by atoms with Gasteiger partial charge in [0.1, 0.15) is 17.9 Å². The van der Waals surface area contributed by atoms with Gasteiger partial charge >= 0.3 is 0 Å². The Kier molecular flexibility index (Phi) is 3.70. The lowest BCUT2D eigenvalue weighted by molar-refractivity contribution is -0.145. The van der Waals surface area contributed by atoms with Gasteiger partial charge in [-0.25, -0.2) is 0 Å². The van der Waals surface area contributed by atoms with Gasteiger partial charge in [-0.15, -0.1) is 0 Å². The van der Waals surface area contributed by atoms with Crippen LogP contribution in [0, 0.1) is 5.41 Å². The van der Waals surface area contributed by atoms with E-state index in [4.69, 9.17) is 0 Å². The summed E-state index contributed by atoms with van der Waals surface area (Å²) >= 11 is 0. The maximum atomic E-state index is 12.1. The molecule has 0 bridgehead atoms. The summed E-state index contributed by atoms with van der Waals surface area (Å²) in [6.45, 7) is 0. The van der Waals surface area contributed by atoms with Crippen LogP contribution < -0.4 is 0 Å². The van der Waals surface area contributed by atoms with Gasteiger partial charge in [-0.1, -0.05) is 30.3 Å². The minimum absolute atomic E-state index is 0.0135. The minimum Gasteiger partial charge on any atom is -0.303 e. The van der Waals surface area contributed by atoms with Crippen LogP contribution in [0.2, 0.25) is 0 Å². The van der Waals surface area contributed by atoms with Crippen molar-refractivity contribution in [1.82, 2.24) is 0 Å². The molecule has 0 N–H and O–H groups in total. The van der Waals surface area contributed by atoms with Gasteiger partial charge in [0.15, 0.2) is 0 Å². The van der Waals surface area contributed by atoms with E-state index in [1.165, 1.54) is 0 Å². The maximum absolute atomic E-state index is 12.1. The summed E-state index contributed by atoms with van der Waals surface area (Å²) < 4.78 is 0. The van der Waals surface area contributed by atoms with Crippen LogP contribution in [0.15, 0.2) is 30.3 Å². The SMILES string of the molecule is O=CCC1(Cc2ccccc2)C(=O)CCCC1=O. The average Bonchev–Trinajstić information content (AvgIpc) is 2.37. The van der Waals surface area contributed by atoms with Gasteiger partial charge in [0.25, 0.3) is 0 Å². The molecule has 18 heavy (non-hydrogen) atoms. The Morgan fingerprint density at radius 2 is 1.67 bits per heavy atom. The van der Waals surface area contributed by atoms with Gasteiger partial charge in [-0.05, 0) is 18.4 Å². The second-order valence-corrected chi connectivity index (χ2v) is 4.82. The van der Waals surface area contributed by atoms with Crippen molar-refractivity contribution >= 4 is 17.9 Å². The number of carbonyl (C=O) groups is 3. The monoisotopic (exact) mass is 244 g/mol. The first kappa shape index (κ1) is 12.7. The third-order valence-electron chi connectivity index (χ3n) is 3.66.